The first-order chi connectivity index (χ1) is 10.4. The van der Waals surface area contributed by atoms with Gasteiger partial charge in [0.1, 0.15) is 0 Å². The van der Waals surface area contributed by atoms with Gasteiger partial charge in [-0.3, -0.25) is 9.69 Å². The van der Waals surface area contributed by atoms with Crippen molar-refractivity contribution in [3.05, 3.63) is 35.4 Å². The Kier molecular flexibility index (Phi) is 5.42. The molecule has 0 unspecified atom stereocenters. The number of alkyl halides is 3. The molecule has 22 heavy (non-hydrogen) atoms. The monoisotopic (exact) mass is 316 g/mol. The minimum Gasteiger partial charge on any atom is -0.371 e. The summed E-state index contributed by atoms with van der Waals surface area (Å²) in [7, 11) is 1.58. The van der Waals surface area contributed by atoms with E-state index in [1.165, 1.54) is 6.07 Å². The molecule has 0 spiro atoms. The zero-order valence-corrected chi connectivity index (χ0v) is 12.3. The van der Waals surface area contributed by atoms with Gasteiger partial charge in [-0.15, -0.1) is 0 Å². The van der Waals surface area contributed by atoms with Crippen molar-refractivity contribution in [2.24, 2.45) is 0 Å². The molecule has 1 N–H and O–H groups in total. The van der Waals surface area contributed by atoms with Crippen LogP contribution in [0, 0.1) is 0 Å². The molecular formula is C15H19F3N2O2. The van der Waals surface area contributed by atoms with Crippen LogP contribution in [0.5, 0.6) is 0 Å². The molecule has 2 rings (SSSR count). The van der Waals surface area contributed by atoms with Crippen LogP contribution in [0.3, 0.4) is 0 Å². The highest BCUT2D eigenvalue weighted by Crippen LogP contribution is 2.32. The van der Waals surface area contributed by atoms with Crippen molar-refractivity contribution in [3.63, 3.8) is 0 Å². The SMILES string of the molecule is CNC(=O)CCN1CCO[C@H](c2cccc(C(F)(F)F)c2)C1. The second-order valence-electron chi connectivity index (χ2n) is 5.21. The van der Waals surface area contributed by atoms with Crippen molar-refractivity contribution >= 4 is 5.91 Å². The topological polar surface area (TPSA) is 41.6 Å². The Morgan fingerprint density at radius 2 is 2.23 bits per heavy atom. The van der Waals surface area contributed by atoms with Crippen LogP contribution in [0.1, 0.15) is 23.7 Å². The average molecular weight is 316 g/mol. The van der Waals surface area contributed by atoms with Crippen LogP contribution in [0.15, 0.2) is 24.3 Å². The van der Waals surface area contributed by atoms with Gasteiger partial charge in [-0.2, -0.15) is 13.2 Å². The van der Waals surface area contributed by atoms with Crippen LogP contribution in [0.2, 0.25) is 0 Å². The minimum atomic E-state index is -4.36. The van der Waals surface area contributed by atoms with Gasteiger partial charge in [0.25, 0.3) is 0 Å². The van der Waals surface area contributed by atoms with E-state index < -0.39 is 17.8 Å². The Morgan fingerprint density at radius 1 is 1.45 bits per heavy atom. The summed E-state index contributed by atoms with van der Waals surface area (Å²) in [6.07, 6.45) is -4.39. The van der Waals surface area contributed by atoms with Gasteiger partial charge in [0.2, 0.25) is 5.91 Å². The highest BCUT2D eigenvalue weighted by molar-refractivity contribution is 5.75. The zero-order chi connectivity index (χ0) is 16.2. The molecule has 0 radical (unpaired) electrons. The number of nitrogens with zero attached hydrogens (tertiary/aromatic N) is 1. The van der Waals surface area contributed by atoms with Crippen molar-refractivity contribution < 1.29 is 22.7 Å². The van der Waals surface area contributed by atoms with E-state index in [0.717, 1.165) is 12.1 Å². The number of carbonyl (C=O) groups is 1. The van der Waals surface area contributed by atoms with Gasteiger partial charge < -0.3 is 10.1 Å². The zero-order valence-electron chi connectivity index (χ0n) is 12.3. The van der Waals surface area contributed by atoms with Gasteiger partial charge >= 0.3 is 6.18 Å². The maximum atomic E-state index is 12.8. The van der Waals surface area contributed by atoms with Crippen LogP contribution >= 0.6 is 0 Å². The molecule has 4 nitrogen and oxygen atoms in total. The Morgan fingerprint density at radius 3 is 2.91 bits per heavy atom. The second-order valence-corrected chi connectivity index (χ2v) is 5.21. The Labute approximate surface area is 127 Å². The molecule has 1 saturated heterocycles. The Bertz CT molecular complexity index is 520. The Balaban J connectivity index is 2.01. The van der Waals surface area contributed by atoms with E-state index in [0.29, 0.717) is 38.2 Å². The number of halogens is 3. The normalized spacial score (nSPS) is 19.9. The summed E-state index contributed by atoms with van der Waals surface area (Å²) in [6, 6.07) is 5.22. The highest BCUT2D eigenvalue weighted by atomic mass is 19.4. The third-order valence-electron chi connectivity index (χ3n) is 3.67. The predicted octanol–water partition coefficient (Wildman–Crippen LogP) is 2.21. The summed E-state index contributed by atoms with van der Waals surface area (Å²) in [4.78, 5) is 13.3. The summed E-state index contributed by atoms with van der Waals surface area (Å²) in [5.41, 5.74) is -0.157. The lowest BCUT2D eigenvalue weighted by atomic mass is 10.0. The average Bonchev–Trinajstić information content (AvgIpc) is 2.52. The lowest BCUT2D eigenvalue weighted by molar-refractivity contribution is -0.137. The van der Waals surface area contributed by atoms with Gasteiger partial charge in [-0.05, 0) is 17.7 Å². The van der Waals surface area contributed by atoms with E-state index in [4.69, 9.17) is 4.74 Å². The molecule has 1 aromatic carbocycles. The number of rotatable bonds is 4. The highest BCUT2D eigenvalue weighted by Gasteiger charge is 2.31. The van der Waals surface area contributed by atoms with Crippen molar-refractivity contribution in [2.75, 3.05) is 33.3 Å². The molecule has 1 atom stereocenters. The predicted molar refractivity (Wildman–Crippen MR) is 75.3 cm³/mol. The molecule has 1 fully saturated rings. The van der Waals surface area contributed by atoms with Crippen molar-refractivity contribution in [3.8, 4) is 0 Å². The third kappa shape index (κ3) is 4.45. The molecule has 1 heterocycles. The maximum absolute atomic E-state index is 12.8. The number of benzene rings is 1. The van der Waals surface area contributed by atoms with E-state index >= 15 is 0 Å². The van der Waals surface area contributed by atoms with Crippen LogP contribution in [-0.4, -0.2) is 44.1 Å². The first kappa shape index (κ1) is 16.8. The molecule has 122 valence electrons. The fraction of sp³-hybridized carbons (Fsp3) is 0.533. The summed E-state index contributed by atoms with van der Waals surface area (Å²) >= 11 is 0. The van der Waals surface area contributed by atoms with Crippen molar-refractivity contribution in [1.82, 2.24) is 10.2 Å². The lowest BCUT2D eigenvalue weighted by Crippen LogP contribution is -2.40. The number of hydrogen-bond donors (Lipinski definition) is 1. The third-order valence-corrected chi connectivity index (χ3v) is 3.67. The van der Waals surface area contributed by atoms with Gasteiger partial charge in [-0.25, -0.2) is 0 Å². The van der Waals surface area contributed by atoms with E-state index in [1.807, 2.05) is 4.90 Å². The number of carbonyl (C=O) groups excluding carboxylic acids is 1. The molecule has 0 saturated carbocycles. The quantitative estimate of drug-likeness (QED) is 0.926. The number of morpholine rings is 1. The molecule has 1 aliphatic heterocycles. The molecule has 0 bridgehead atoms. The summed E-state index contributed by atoms with van der Waals surface area (Å²) < 4.78 is 43.9. The number of hydrogen-bond acceptors (Lipinski definition) is 3. The van der Waals surface area contributed by atoms with Crippen LogP contribution in [-0.2, 0) is 15.7 Å². The first-order valence-corrected chi connectivity index (χ1v) is 7.12. The van der Waals surface area contributed by atoms with Gasteiger partial charge in [0, 0.05) is 33.1 Å². The maximum Gasteiger partial charge on any atom is 0.416 e. The fourth-order valence-electron chi connectivity index (χ4n) is 2.41. The molecule has 0 aliphatic carbocycles. The number of nitrogens with one attached hydrogen (secondary N) is 1. The van der Waals surface area contributed by atoms with E-state index in [9.17, 15) is 18.0 Å². The summed E-state index contributed by atoms with van der Waals surface area (Å²) in [5, 5.41) is 2.55. The smallest absolute Gasteiger partial charge is 0.371 e. The second kappa shape index (κ2) is 7.11. The molecule has 1 aliphatic rings. The molecule has 1 amide bonds. The largest absolute Gasteiger partial charge is 0.416 e. The van der Waals surface area contributed by atoms with Gasteiger partial charge in [0.05, 0.1) is 18.3 Å². The van der Waals surface area contributed by atoms with E-state index in [2.05, 4.69) is 5.32 Å². The van der Waals surface area contributed by atoms with Crippen LogP contribution in [0.25, 0.3) is 0 Å². The summed E-state index contributed by atoms with van der Waals surface area (Å²) in [5.74, 6) is -0.0536. The standard InChI is InChI=1S/C15H19F3N2O2/c1-19-14(21)5-6-20-7-8-22-13(10-20)11-3-2-4-12(9-11)15(16,17)18/h2-4,9,13H,5-8,10H2,1H3,(H,19,21)/t13-/m0/s1. The van der Waals surface area contributed by atoms with E-state index in [1.54, 1.807) is 13.1 Å². The lowest BCUT2D eigenvalue weighted by Gasteiger charge is -2.33. The van der Waals surface area contributed by atoms with Crippen molar-refractivity contribution in [1.29, 1.82) is 0 Å². The minimum absolute atomic E-state index is 0.0536. The fourth-order valence-corrected chi connectivity index (χ4v) is 2.41. The van der Waals surface area contributed by atoms with E-state index in [-0.39, 0.29) is 5.91 Å². The molecule has 1 aromatic rings. The summed E-state index contributed by atoms with van der Waals surface area (Å²) in [6.45, 7) is 2.16. The first-order valence-electron chi connectivity index (χ1n) is 7.12. The van der Waals surface area contributed by atoms with Gasteiger partial charge in [0.15, 0.2) is 0 Å². The molecular weight excluding hydrogens is 297 g/mol. The van der Waals surface area contributed by atoms with Gasteiger partial charge in [-0.1, -0.05) is 12.1 Å². The Hall–Kier alpha value is -1.60. The number of amides is 1. The van der Waals surface area contributed by atoms with Crippen LogP contribution in [0.4, 0.5) is 13.2 Å². The van der Waals surface area contributed by atoms with Crippen molar-refractivity contribution in [2.45, 2.75) is 18.7 Å². The van der Waals surface area contributed by atoms with Crippen LogP contribution < -0.4 is 5.32 Å². The molecule has 7 heteroatoms. The molecule has 0 aromatic heterocycles. The number of ether oxygens (including phenoxy) is 1.